The highest BCUT2D eigenvalue weighted by Gasteiger charge is 2.15. The van der Waals surface area contributed by atoms with Gasteiger partial charge in [0.15, 0.2) is 0 Å². The molecule has 6 nitrogen and oxygen atoms in total. The van der Waals surface area contributed by atoms with Crippen molar-refractivity contribution >= 4 is 46.3 Å². The van der Waals surface area contributed by atoms with Crippen LogP contribution in [-0.2, 0) is 0 Å². The Kier molecular flexibility index (Phi) is 5.62. The number of nitrogens with two attached hydrogens (primary N) is 1. The van der Waals surface area contributed by atoms with Crippen LogP contribution < -0.4 is 16.7 Å². The number of nitrogens with one attached hydrogen (secondary N) is 1. The Morgan fingerprint density at radius 1 is 1.28 bits per heavy atom. The van der Waals surface area contributed by atoms with E-state index in [9.17, 15) is 9.59 Å². The maximum Gasteiger partial charge on any atom is 0.336 e. The van der Waals surface area contributed by atoms with Crippen LogP contribution in [0, 0.1) is 13.8 Å². The van der Waals surface area contributed by atoms with Crippen LogP contribution in [0.2, 0.25) is 0 Å². The summed E-state index contributed by atoms with van der Waals surface area (Å²) in [6.45, 7) is 5.49. The molecule has 3 rings (SSSR count). The number of carbonyl (C=O) groups excluding carboxylic acids is 1. The molecule has 0 fully saturated rings. The van der Waals surface area contributed by atoms with Gasteiger partial charge in [-0.1, -0.05) is 0 Å². The summed E-state index contributed by atoms with van der Waals surface area (Å²) in [6.07, 6.45) is 0. The lowest BCUT2D eigenvalue weighted by atomic mass is 10.1. The zero-order valence-electron chi connectivity index (χ0n) is 14.0. The van der Waals surface area contributed by atoms with E-state index < -0.39 is 0 Å². The summed E-state index contributed by atoms with van der Waals surface area (Å²) in [4.78, 5) is 28.1. The van der Waals surface area contributed by atoms with Gasteiger partial charge in [0, 0.05) is 22.5 Å². The molecule has 8 heteroatoms. The molecule has 0 bridgehead atoms. The summed E-state index contributed by atoms with van der Waals surface area (Å²) in [5.41, 5.74) is 8.47. The monoisotopic (exact) mass is 379 g/mol. The second-order valence-corrected chi connectivity index (χ2v) is 6.62. The molecule has 1 aromatic carbocycles. The highest BCUT2D eigenvalue weighted by molar-refractivity contribution is 7.09. The molecule has 0 aliphatic carbocycles. The first-order valence-corrected chi connectivity index (χ1v) is 8.30. The number of nitrogens with zero attached hydrogens (tertiary/aromatic N) is 1. The zero-order valence-corrected chi connectivity index (χ0v) is 15.6. The van der Waals surface area contributed by atoms with Crippen LogP contribution in [0.25, 0.3) is 11.0 Å². The largest absolute Gasteiger partial charge is 0.423 e. The van der Waals surface area contributed by atoms with E-state index in [1.165, 1.54) is 17.4 Å². The molecular formula is C17H18ClN3O3S. The fraction of sp³-hybridized carbons (Fsp3) is 0.235. The van der Waals surface area contributed by atoms with Crippen LogP contribution >= 0.6 is 23.7 Å². The second kappa shape index (κ2) is 7.35. The molecule has 0 saturated heterocycles. The summed E-state index contributed by atoms with van der Waals surface area (Å²) < 4.78 is 5.20. The minimum Gasteiger partial charge on any atom is -0.423 e. The van der Waals surface area contributed by atoms with E-state index >= 15 is 0 Å². The maximum absolute atomic E-state index is 12.4. The van der Waals surface area contributed by atoms with Crippen LogP contribution in [0.4, 0.5) is 5.69 Å². The average Bonchev–Trinajstić information content (AvgIpc) is 2.98. The number of halogens is 1. The number of hydrogen-bond acceptors (Lipinski definition) is 6. The minimum absolute atomic E-state index is 0. The number of aryl methyl sites for hydroxylation is 2. The predicted octanol–water partition coefficient (Wildman–Crippen LogP) is 3.56. The van der Waals surface area contributed by atoms with Gasteiger partial charge in [0.1, 0.15) is 16.3 Å². The van der Waals surface area contributed by atoms with Gasteiger partial charge < -0.3 is 15.5 Å². The molecule has 1 atom stereocenters. The molecule has 0 radical (unpaired) electrons. The third kappa shape index (κ3) is 3.89. The molecule has 25 heavy (non-hydrogen) atoms. The Morgan fingerprint density at radius 3 is 2.64 bits per heavy atom. The van der Waals surface area contributed by atoms with Crippen LogP contribution in [-0.4, -0.2) is 10.9 Å². The third-order valence-electron chi connectivity index (χ3n) is 3.69. The van der Waals surface area contributed by atoms with Gasteiger partial charge in [-0.15, -0.1) is 23.7 Å². The van der Waals surface area contributed by atoms with Crippen molar-refractivity contribution in [2.45, 2.75) is 26.8 Å². The van der Waals surface area contributed by atoms with Gasteiger partial charge in [-0.2, -0.15) is 0 Å². The topological polar surface area (TPSA) is 98.2 Å². The van der Waals surface area contributed by atoms with Gasteiger partial charge in [-0.3, -0.25) is 4.79 Å². The highest BCUT2D eigenvalue weighted by Crippen LogP contribution is 2.26. The van der Waals surface area contributed by atoms with E-state index in [0.717, 1.165) is 16.5 Å². The number of carbonyl (C=O) groups is 1. The first kappa shape index (κ1) is 19.1. The Morgan fingerprint density at radius 2 is 2.00 bits per heavy atom. The van der Waals surface area contributed by atoms with Crippen molar-refractivity contribution in [3.63, 3.8) is 0 Å². The fourth-order valence-corrected chi connectivity index (χ4v) is 3.15. The van der Waals surface area contributed by atoms with Gasteiger partial charge in [0.2, 0.25) is 0 Å². The number of hydrogen-bond donors (Lipinski definition) is 2. The summed E-state index contributed by atoms with van der Waals surface area (Å²) in [5, 5.41) is 6.04. The molecule has 2 heterocycles. The molecule has 0 spiro atoms. The minimum atomic E-state index is -0.387. The first-order valence-electron chi connectivity index (χ1n) is 7.42. The molecule has 0 aliphatic rings. The van der Waals surface area contributed by atoms with Crippen molar-refractivity contribution in [2.75, 3.05) is 5.32 Å². The maximum atomic E-state index is 12.4. The summed E-state index contributed by atoms with van der Waals surface area (Å²) in [7, 11) is 0. The van der Waals surface area contributed by atoms with Crippen LogP contribution in [0.15, 0.2) is 32.8 Å². The second-order valence-electron chi connectivity index (χ2n) is 5.73. The van der Waals surface area contributed by atoms with E-state index in [1.54, 1.807) is 17.5 Å². The van der Waals surface area contributed by atoms with Gasteiger partial charge in [-0.25, -0.2) is 9.78 Å². The number of rotatable bonds is 3. The number of aromatic nitrogens is 1. The lowest BCUT2D eigenvalue weighted by molar-refractivity contribution is 0.102. The smallest absolute Gasteiger partial charge is 0.336 e. The molecular weight excluding hydrogens is 362 g/mol. The first-order chi connectivity index (χ1) is 11.3. The van der Waals surface area contributed by atoms with Crippen LogP contribution in [0.1, 0.15) is 39.6 Å². The highest BCUT2D eigenvalue weighted by atomic mass is 35.5. The number of amides is 1. The lowest BCUT2D eigenvalue weighted by Gasteiger charge is -2.10. The van der Waals surface area contributed by atoms with Gasteiger partial charge in [0.05, 0.1) is 6.04 Å². The summed E-state index contributed by atoms with van der Waals surface area (Å²) in [5.74, 6) is -0.296. The van der Waals surface area contributed by atoms with E-state index in [2.05, 4.69) is 10.3 Å². The molecule has 3 aromatic rings. The van der Waals surface area contributed by atoms with Crippen LogP contribution in [0.5, 0.6) is 0 Å². The number of benzene rings is 1. The quantitative estimate of drug-likeness (QED) is 0.678. The standard InChI is InChI=1S/C17H17N3O3S.ClH/c1-8-5-15(21)23-14-4-9(2)12(6-11(8)14)19-16(22)13-7-24-17(20-13)10(3)18;/h4-7,10H,18H2,1-3H3,(H,19,22);1H/t10-;/m1./s1. The van der Waals surface area contributed by atoms with Crippen molar-refractivity contribution < 1.29 is 9.21 Å². The molecule has 0 unspecified atom stereocenters. The van der Waals surface area contributed by atoms with E-state index in [4.69, 9.17) is 10.2 Å². The van der Waals surface area contributed by atoms with E-state index in [-0.39, 0.29) is 30.0 Å². The molecule has 2 aromatic heterocycles. The molecule has 3 N–H and O–H groups in total. The Balaban J connectivity index is 0.00000225. The Bertz CT molecular complexity index is 994. The average molecular weight is 380 g/mol. The van der Waals surface area contributed by atoms with Crippen molar-refractivity contribution in [2.24, 2.45) is 5.73 Å². The van der Waals surface area contributed by atoms with Gasteiger partial charge >= 0.3 is 5.63 Å². The normalized spacial score (nSPS) is 11.8. The van der Waals surface area contributed by atoms with E-state index in [1.807, 2.05) is 20.8 Å². The van der Waals surface area contributed by atoms with Crippen molar-refractivity contribution in [1.82, 2.24) is 4.98 Å². The van der Waals surface area contributed by atoms with Gasteiger partial charge in [-0.05, 0) is 44.0 Å². The van der Waals surface area contributed by atoms with Crippen molar-refractivity contribution in [3.8, 4) is 0 Å². The van der Waals surface area contributed by atoms with Crippen molar-refractivity contribution in [3.05, 3.63) is 55.8 Å². The predicted molar refractivity (Wildman–Crippen MR) is 102 cm³/mol. The molecule has 1 amide bonds. The summed E-state index contributed by atoms with van der Waals surface area (Å²) >= 11 is 1.36. The van der Waals surface area contributed by atoms with Gasteiger partial charge in [0.25, 0.3) is 5.91 Å². The zero-order chi connectivity index (χ0) is 17.4. The SMILES string of the molecule is Cc1cc2oc(=O)cc(C)c2cc1NC(=O)c1csc([C@@H](C)N)n1.Cl. The molecule has 0 aliphatic heterocycles. The Hall–Kier alpha value is -2.22. The Labute approximate surface area is 154 Å². The summed E-state index contributed by atoms with van der Waals surface area (Å²) in [6, 6.07) is 4.77. The third-order valence-corrected chi connectivity index (χ3v) is 4.73. The number of fused-ring (bicyclic) bond motifs is 1. The molecule has 0 saturated carbocycles. The molecule has 132 valence electrons. The van der Waals surface area contributed by atoms with E-state index in [0.29, 0.717) is 22.0 Å². The van der Waals surface area contributed by atoms with Crippen molar-refractivity contribution in [1.29, 1.82) is 0 Å². The fourth-order valence-electron chi connectivity index (χ4n) is 2.39. The number of anilines is 1. The van der Waals surface area contributed by atoms with Crippen LogP contribution in [0.3, 0.4) is 0 Å². The number of thiazole rings is 1. The lowest BCUT2D eigenvalue weighted by Crippen LogP contribution is -2.14.